The fourth-order valence-corrected chi connectivity index (χ4v) is 3.96. The van der Waals surface area contributed by atoms with Crippen LogP contribution >= 0.6 is 27.3 Å². The van der Waals surface area contributed by atoms with Crippen molar-refractivity contribution in [2.45, 2.75) is 26.3 Å². The van der Waals surface area contributed by atoms with Crippen LogP contribution < -0.4 is 5.56 Å². The first-order valence-electron chi connectivity index (χ1n) is 7.91. The molecule has 6 heteroatoms. The topological polar surface area (TPSA) is 44.1 Å². The van der Waals surface area contributed by atoms with Crippen LogP contribution in [0.15, 0.2) is 38.9 Å². The molecular weight excluding hydrogens is 388 g/mol. The lowest BCUT2D eigenvalue weighted by Gasteiger charge is -2.12. The number of rotatable bonds is 6. The minimum Gasteiger partial charge on any atom is -0.383 e. The van der Waals surface area contributed by atoms with Crippen LogP contribution in [0, 0.1) is 0 Å². The molecule has 3 rings (SSSR count). The first kappa shape index (κ1) is 17.3. The van der Waals surface area contributed by atoms with Crippen molar-refractivity contribution in [2.24, 2.45) is 0 Å². The summed E-state index contributed by atoms with van der Waals surface area (Å²) in [5, 5.41) is 2.73. The normalized spacial score (nSPS) is 11.3. The van der Waals surface area contributed by atoms with Crippen LogP contribution in [0.2, 0.25) is 0 Å². The standard InChI is InChI=1S/C18H19BrN2O2S/c1-3-4-15-20-17-16(18(22)21(15)9-10-23-2)14(11-24-17)12-5-7-13(19)8-6-12/h5-8,11H,3-4,9-10H2,1-2H3. The summed E-state index contributed by atoms with van der Waals surface area (Å²) in [4.78, 5) is 18.7. The van der Waals surface area contributed by atoms with E-state index in [-0.39, 0.29) is 5.56 Å². The fraction of sp³-hybridized carbons (Fsp3) is 0.333. The van der Waals surface area contributed by atoms with Gasteiger partial charge in [0.2, 0.25) is 0 Å². The van der Waals surface area contributed by atoms with E-state index in [1.165, 1.54) is 11.3 Å². The maximum absolute atomic E-state index is 13.1. The zero-order chi connectivity index (χ0) is 17.1. The van der Waals surface area contributed by atoms with Gasteiger partial charge in [-0.15, -0.1) is 11.3 Å². The molecule has 0 aliphatic carbocycles. The number of thiophene rings is 1. The highest BCUT2D eigenvalue weighted by Gasteiger charge is 2.16. The molecule has 0 N–H and O–H groups in total. The number of aromatic nitrogens is 2. The van der Waals surface area contributed by atoms with E-state index in [0.29, 0.717) is 18.5 Å². The predicted octanol–water partition coefficient (Wildman–Crippen LogP) is 4.49. The van der Waals surface area contributed by atoms with Gasteiger partial charge in [-0.3, -0.25) is 9.36 Å². The van der Waals surface area contributed by atoms with Gasteiger partial charge in [-0.05, 0) is 24.1 Å². The zero-order valence-electron chi connectivity index (χ0n) is 13.7. The average molecular weight is 407 g/mol. The minimum absolute atomic E-state index is 0.0275. The monoisotopic (exact) mass is 406 g/mol. The summed E-state index contributed by atoms with van der Waals surface area (Å²) in [7, 11) is 1.65. The number of nitrogens with zero attached hydrogens (tertiary/aromatic N) is 2. The summed E-state index contributed by atoms with van der Waals surface area (Å²) in [6.07, 6.45) is 1.75. The van der Waals surface area contributed by atoms with Gasteiger partial charge in [-0.1, -0.05) is 35.0 Å². The number of aryl methyl sites for hydroxylation is 1. The van der Waals surface area contributed by atoms with Crippen molar-refractivity contribution in [3.05, 3.63) is 50.3 Å². The summed E-state index contributed by atoms with van der Waals surface area (Å²) < 4.78 is 7.95. The first-order chi connectivity index (χ1) is 11.7. The lowest BCUT2D eigenvalue weighted by atomic mass is 10.1. The largest absolute Gasteiger partial charge is 0.383 e. The molecule has 0 aliphatic rings. The second kappa shape index (κ2) is 7.59. The molecule has 0 saturated heterocycles. The molecule has 1 aromatic carbocycles. The molecule has 24 heavy (non-hydrogen) atoms. The molecule has 0 amide bonds. The lowest BCUT2D eigenvalue weighted by Crippen LogP contribution is -2.27. The summed E-state index contributed by atoms with van der Waals surface area (Å²) >= 11 is 4.98. The van der Waals surface area contributed by atoms with E-state index >= 15 is 0 Å². The Balaban J connectivity index is 2.20. The third kappa shape index (κ3) is 3.31. The van der Waals surface area contributed by atoms with Gasteiger partial charge in [0.25, 0.3) is 5.56 Å². The number of ether oxygens (including phenoxy) is 1. The maximum atomic E-state index is 13.1. The van der Waals surface area contributed by atoms with Crippen molar-refractivity contribution in [3.8, 4) is 11.1 Å². The van der Waals surface area contributed by atoms with Crippen molar-refractivity contribution in [2.75, 3.05) is 13.7 Å². The van der Waals surface area contributed by atoms with Gasteiger partial charge in [0.1, 0.15) is 10.7 Å². The van der Waals surface area contributed by atoms with Gasteiger partial charge in [-0.25, -0.2) is 4.98 Å². The Bertz CT molecular complexity index is 900. The van der Waals surface area contributed by atoms with E-state index in [1.807, 2.05) is 29.6 Å². The number of fused-ring (bicyclic) bond motifs is 1. The molecule has 2 heterocycles. The summed E-state index contributed by atoms with van der Waals surface area (Å²) in [6.45, 7) is 3.13. The molecule has 126 valence electrons. The molecule has 0 fully saturated rings. The van der Waals surface area contributed by atoms with E-state index < -0.39 is 0 Å². The summed E-state index contributed by atoms with van der Waals surface area (Å²) in [5.41, 5.74) is 2.01. The van der Waals surface area contributed by atoms with Gasteiger partial charge >= 0.3 is 0 Å². The molecular formula is C18H19BrN2O2S. The van der Waals surface area contributed by atoms with Crippen LogP contribution in [-0.4, -0.2) is 23.3 Å². The Morgan fingerprint density at radius 1 is 1.29 bits per heavy atom. The van der Waals surface area contributed by atoms with Gasteiger partial charge in [0.05, 0.1) is 18.5 Å². The van der Waals surface area contributed by atoms with Crippen LogP contribution in [0.4, 0.5) is 0 Å². The highest BCUT2D eigenvalue weighted by molar-refractivity contribution is 9.10. The number of halogens is 1. The predicted molar refractivity (Wildman–Crippen MR) is 103 cm³/mol. The Hall–Kier alpha value is -1.50. The molecule has 0 radical (unpaired) electrons. The summed E-state index contributed by atoms with van der Waals surface area (Å²) in [5.74, 6) is 0.844. The average Bonchev–Trinajstić information content (AvgIpc) is 3.00. The van der Waals surface area contributed by atoms with E-state index in [4.69, 9.17) is 9.72 Å². The molecule has 3 aromatic rings. The fourth-order valence-electron chi connectivity index (χ4n) is 2.74. The van der Waals surface area contributed by atoms with E-state index in [9.17, 15) is 4.79 Å². The second-order valence-electron chi connectivity index (χ2n) is 5.56. The Kier molecular flexibility index (Phi) is 5.48. The van der Waals surface area contributed by atoms with Crippen LogP contribution in [0.3, 0.4) is 0 Å². The Labute approximate surface area is 153 Å². The van der Waals surface area contributed by atoms with Crippen LogP contribution in [0.1, 0.15) is 19.2 Å². The van der Waals surface area contributed by atoms with Crippen molar-refractivity contribution in [3.63, 3.8) is 0 Å². The SMILES string of the molecule is CCCc1nc2scc(-c3ccc(Br)cc3)c2c(=O)n1CCOC. The second-order valence-corrected chi connectivity index (χ2v) is 7.34. The van der Waals surface area contributed by atoms with E-state index in [1.54, 1.807) is 11.7 Å². The molecule has 0 bridgehead atoms. The quantitative estimate of drug-likeness (QED) is 0.605. The lowest BCUT2D eigenvalue weighted by molar-refractivity contribution is 0.185. The number of hydrogen-bond acceptors (Lipinski definition) is 4. The molecule has 0 aliphatic heterocycles. The van der Waals surface area contributed by atoms with Gasteiger partial charge in [-0.2, -0.15) is 0 Å². The number of methoxy groups -OCH3 is 1. The molecule has 0 saturated carbocycles. The smallest absolute Gasteiger partial charge is 0.262 e. The molecule has 0 spiro atoms. The highest BCUT2D eigenvalue weighted by atomic mass is 79.9. The van der Waals surface area contributed by atoms with Gasteiger partial charge < -0.3 is 4.74 Å². The maximum Gasteiger partial charge on any atom is 0.262 e. The van der Waals surface area contributed by atoms with Gasteiger partial charge in [0.15, 0.2) is 0 Å². The molecule has 0 atom stereocenters. The summed E-state index contributed by atoms with van der Waals surface area (Å²) in [6, 6.07) is 8.01. The number of benzene rings is 1. The van der Waals surface area contributed by atoms with Crippen LogP contribution in [0.25, 0.3) is 21.3 Å². The highest BCUT2D eigenvalue weighted by Crippen LogP contribution is 2.31. The van der Waals surface area contributed by atoms with Crippen molar-refractivity contribution < 1.29 is 4.74 Å². The van der Waals surface area contributed by atoms with Crippen molar-refractivity contribution >= 4 is 37.5 Å². The van der Waals surface area contributed by atoms with E-state index in [0.717, 1.165) is 39.1 Å². The Morgan fingerprint density at radius 3 is 2.71 bits per heavy atom. The third-order valence-electron chi connectivity index (χ3n) is 3.92. The number of hydrogen-bond donors (Lipinski definition) is 0. The van der Waals surface area contributed by atoms with Crippen LogP contribution in [0.5, 0.6) is 0 Å². The molecule has 0 unspecified atom stereocenters. The van der Waals surface area contributed by atoms with Crippen LogP contribution in [-0.2, 0) is 17.7 Å². The van der Waals surface area contributed by atoms with Crippen molar-refractivity contribution in [1.29, 1.82) is 0 Å². The molecule has 4 nitrogen and oxygen atoms in total. The van der Waals surface area contributed by atoms with Crippen molar-refractivity contribution in [1.82, 2.24) is 9.55 Å². The van der Waals surface area contributed by atoms with E-state index in [2.05, 4.69) is 22.9 Å². The third-order valence-corrected chi connectivity index (χ3v) is 5.32. The first-order valence-corrected chi connectivity index (χ1v) is 9.58. The molecule has 2 aromatic heterocycles. The van der Waals surface area contributed by atoms with Gasteiger partial charge in [0, 0.05) is 28.9 Å². The zero-order valence-corrected chi connectivity index (χ0v) is 16.1. The Morgan fingerprint density at radius 2 is 2.04 bits per heavy atom. The minimum atomic E-state index is 0.0275.